The summed E-state index contributed by atoms with van der Waals surface area (Å²) in [5.74, 6) is 0. The van der Waals surface area contributed by atoms with E-state index in [1.807, 2.05) is 0 Å². The molecule has 0 spiro atoms. The van der Waals surface area contributed by atoms with Gasteiger partial charge in [-0.3, -0.25) is 0 Å². The van der Waals surface area contributed by atoms with Crippen molar-refractivity contribution in [1.82, 2.24) is 0 Å². The van der Waals surface area contributed by atoms with Gasteiger partial charge in [-0.15, -0.1) is 0 Å². The number of hydrogen-bond donors (Lipinski definition) is 0. The summed E-state index contributed by atoms with van der Waals surface area (Å²) in [5, 5.41) is 0. The van der Waals surface area contributed by atoms with Crippen molar-refractivity contribution < 1.29 is 18.3 Å². The Morgan fingerprint density at radius 2 is 1.07 bits per heavy atom. The Hall–Kier alpha value is -0.287. The van der Waals surface area contributed by atoms with Crippen molar-refractivity contribution in [2.24, 2.45) is 0 Å². The fraction of sp³-hybridized carbons (Fsp3) is 0.308. The zero-order valence-electron chi connectivity index (χ0n) is 8.98. The van der Waals surface area contributed by atoms with E-state index in [1.165, 1.54) is 0 Å². The standard InChI is InChI=1S/2C5H5.2CH3.CH2.Zr/c2*1-2-4-5-3-1;;;;/h2*1-5H;2*1H3;1H2;. The molecule has 0 fully saturated rings. The second-order valence-corrected chi connectivity index (χ2v) is 23.2. The Labute approximate surface area is 87.3 Å². The molecule has 2 rings (SSSR count). The minimum absolute atomic E-state index is 0.633. The first kappa shape index (κ1) is 10.2. The topological polar surface area (TPSA) is 0 Å². The van der Waals surface area contributed by atoms with E-state index >= 15 is 0 Å². The molecule has 0 heterocycles. The first-order chi connectivity index (χ1) is 6.49. The summed E-state index contributed by atoms with van der Waals surface area (Å²) in [6, 6.07) is 0. The van der Waals surface area contributed by atoms with Crippen LogP contribution in [0.15, 0.2) is 48.6 Å². The number of hydrogen-bond acceptors (Lipinski definition) is 0. The predicted molar refractivity (Wildman–Crippen MR) is 62.9 cm³/mol. The molecular formula is C13H18Zr. The van der Waals surface area contributed by atoms with Crippen molar-refractivity contribution in [1.29, 1.82) is 0 Å². The van der Waals surface area contributed by atoms with E-state index in [2.05, 4.69) is 62.1 Å². The molecule has 1 heteroatoms. The third-order valence-corrected chi connectivity index (χ3v) is 16.3. The molecule has 0 atom stereocenters. The molecular weight excluding hydrogens is 247 g/mol. The molecule has 0 aromatic heterocycles. The van der Waals surface area contributed by atoms with Crippen LogP contribution in [0.4, 0.5) is 0 Å². The third kappa shape index (κ3) is 1.52. The van der Waals surface area contributed by atoms with Crippen LogP contribution >= 0.6 is 0 Å². The molecule has 0 saturated carbocycles. The third-order valence-electron chi connectivity index (χ3n) is 3.69. The second-order valence-electron chi connectivity index (χ2n) is 5.53. The summed E-state index contributed by atoms with van der Waals surface area (Å²) in [6.45, 7) is 0. The SMILES string of the molecule is [CH2]=[Zr]([CH3])([CH3])([CH]1C=CC=C1)[CH]1C=CC=C1. The predicted octanol–water partition coefficient (Wildman–Crippen LogP) is 4.03. The molecule has 0 bridgehead atoms. The Balaban J connectivity index is 2.41. The fourth-order valence-corrected chi connectivity index (χ4v) is 10.7. The Morgan fingerprint density at radius 1 is 0.786 bits per heavy atom. The van der Waals surface area contributed by atoms with Gasteiger partial charge in [-0.05, 0) is 0 Å². The zero-order chi connectivity index (χ0) is 10.3. The van der Waals surface area contributed by atoms with Crippen LogP contribution in [-0.2, 0) is 18.3 Å². The van der Waals surface area contributed by atoms with Gasteiger partial charge in [0, 0.05) is 0 Å². The summed E-state index contributed by atoms with van der Waals surface area (Å²) >= 11 is -2.84. The average molecular weight is 266 g/mol. The number of rotatable bonds is 2. The molecule has 0 aromatic rings. The van der Waals surface area contributed by atoms with Gasteiger partial charge in [-0.25, -0.2) is 0 Å². The van der Waals surface area contributed by atoms with Gasteiger partial charge in [-0.1, -0.05) is 0 Å². The van der Waals surface area contributed by atoms with Gasteiger partial charge in [0.1, 0.15) is 0 Å². The van der Waals surface area contributed by atoms with Gasteiger partial charge in [0.15, 0.2) is 0 Å². The van der Waals surface area contributed by atoms with Crippen molar-refractivity contribution in [3.8, 4) is 0 Å². The van der Waals surface area contributed by atoms with Crippen molar-refractivity contribution >= 4 is 4.21 Å². The first-order valence-corrected chi connectivity index (χ1v) is 14.8. The molecule has 14 heavy (non-hydrogen) atoms. The van der Waals surface area contributed by atoms with Crippen LogP contribution in [0.1, 0.15) is 0 Å². The molecule has 0 radical (unpaired) electrons. The normalized spacial score (nSPS) is 22.8. The molecule has 0 nitrogen and oxygen atoms in total. The van der Waals surface area contributed by atoms with E-state index in [4.69, 9.17) is 0 Å². The first-order valence-electron chi connectivity index (χ1n) is 5.26. The van der Waals surface area contributed by atoms with Gasteiger partial charge >= 0.3 is 87.6 Å². The summed E-state index contributed by atoms with van der Waals surface area (Å²) < 4.78 is 10.8. The average Bonchev–Trinajstić information content (AvgIpc) is 2.78. The molecule has 0 aliphatic heterocycles. The van der Waals surface area contributed by atoms with E-state index in [1.54, 1.807) is 0 Å². The Kier molecular flexibility index (Phi) is 2.27. The van der Waals surface area contributed by atoms with Gasteiger partial charge < -0.3 is 0 Å². The maximum absolute atomic E-state index is 4.67. The van der Waals surface area contributed by atoms with Crippen molar-refractivity contribution in [3.63, 3.8) is 0 Å². The molecule has 0 saturated heterocycles. The molecule has 2 aliphatic rings. The summed E-state index contributed by atoms with van der Waals surface area (Å²) in [4.78, 5) is 0. The van der Waals surface area contributed by atoms with Crippen LogP contribution < -0.4 is 0 Å². The number of allylic oxidation sites excluding steroid dienone is 8. The van der Waals surface area contributed by atoms with Crippen molar-refractivity contribution in [3.05, 3.63) is 48.6 Å². The van der Waals surface area contributed by atoms with Gasteiger partial charge in [0.25, 0.3) is 0 Å². The molecule has 0 amide bonds. The molecule has 0 aromatic carbocycles. The Morgan fingerprint density at radius 3 is 1.36 bits per heavy atom. The Bertz CT molecular complexity index is 355. The van der Waals surface area contributed by atoms with E-state index in [0.29, 0.717) is 7.25 Å². The van der Waals surface area contributed by atoms with Crippen LogP contribution in [-0.4, -0.2) is 4.21 Å². The maximum atomic E-state index is 4.67. The van der Waals surface area contributed by atoms with Crippen LogP contribution in [0.2, 0.25) is 16.5 Å². The molecule has 74 valence electrons. The van der Waals surface area contributed by atoms with E-state index in [9.17, 15) is 0 Å². The molecule has 0 unspecified atom stereocenters. The van der Waals surface area contributed by atoms with Crippen LogP contribution in [0.3, 0.4) is 0 Å². The monoisotopic (exact) mass is 264 g/mol. The summed E-state index contributed by atoms with van der Waals surface area (Å²) in [7, 11) is 0. The van der Waals surface area contributed by atoms with E-state index in [0.717, 1.165) is 0 Å². The second kappa shape index (κ2) is 3.10. The quantitative estimate of drug-likeness (QED) is 0.707. The molecule has 0 N–H and O–H groups in total. The minimum atomic E-state index is -2.84. The summed E-state index contributed by atoms with van der Waals surface area (Å²) in [6.07, 6.45) is 18.0. The summed E-state index contributed by atoms with van der Waals surface area (Å²) in [5.41, 5.74) is 0. The van der Waals surface area contributed by atoms with E-state index < -0.39 is 18.3 Å². The van der Waals surface area contributed by atoms with Crippen molar-refractivity contribution in [2.45, 2.75) is 16.5 Å². The van der Waals surface area contributed by atoms with Crippen LogP contribution in [0.25, 0.3) is 0 Å². The van der Waals surface area contributed by atoms with Crippen LogP contribution in [0, 0.1) is 0 Å². The zero-order valence-corrected chi connectivity index (χ0v) is 11.4. The van der Waals surface area contributed by atoms with Gasteiger partial charge in [0.05, 0.1) is 0 Å². The van der Waals surface area contributed by atoms with E-state index in [-0.39, 0.29) is 0 Å². The van der Waals surface area contributed by atoms with Crippen molar-refractivity contribution in [2.75, 3.05) is 0 Å². The van der Waals surface area contributed by atoms with Crippen LogP contribution in [0.5, 0.6) is 0 Å². The van der Waals surface area contributed by atoms with Gasteiger partial charge in [-0.2, -0.15) is 0 Å². The molecule has 2 aliphatic carbocycles. The fourth-order valence-electron chi connectivity index (χ4n) is 2.35. The van der Waals surface area contributed by atoms with Gasteiger partial charge in [0.2, 0.25) is 0 Å².